The van der Waals surface area contributed by atoms with Gasteiger partial charge in [0.25, 0.3) is 0 Å². The normalized spacial score (nSPS) is 26.3. The predicted molar refractivity (Wildman–Crippen MR) is 79.9 cm³/mol. The van der Waals surface area contributed by atoms with Gasteiger partial charge >= 0.3 is 0 Å². The lowest BCUT2D eigenvalue weighted by Gasteiger charge is -2.24. The molecule has 2 saturated heterocycles. The number of hydrogen-bond acceptors (Lipinski definition) is 4. The average Bonchev–Trinajstić information content (AvgIpc) is 3.19. The third kappa shape index (κ3) is 3.22. The molecule has 3 heterocycles. The molecule has 2 aliphatic rings. The SMILES string of the molecule is O=C(CNC[C@@H]1CCCO1)N1CCC[C@@H]1c1cccs1. The highest BCUT2D eigenvalue weighted by Gasteiger charge is 2.30. The minimum absolute atomic E-state index is 0.221. The molecule has 1 N–H and O–H groups in total. The number of carbonyl (C=O) groups is 1. The fraction of sp³-hybridized carbons (Fsp3) is 0.667. The van der Waals surface area contributed by atoms with Gasteiger partial charge < -0.3 is 15.0 Å². The van der Waals surface area contributed by atoms with Crippen molar-refractivity contribution in [3.8, 4) is 0 Å². The lowest BCUT2D eigenvalue weighted by atomic mass is 10.2. The summed E-state index contributed by atoms with van der Waals surface area (Å²) in [4.78, 5) is 15.7. The van der Waals surface area contributed by atoms with Crippen LogP contribution in [-0.4, -0.2) is 43.2 Å². The summed E-state index contributed by atoms with van der Waals surface area (Å²) in [6, 6.07) is 4.50. The van der Waals surface area contributed by atoms with Gasteiger partial charge in [0.05, 0.1) is 18.7 Å². The van der Waals surface area contributed by atoms with Gasteiger partial charge in [0, 0.05) is 24.6 Å². The van der Waals surface area contributed by atoms with Crippen LogP contribution in [0.3, 0.4) is 0 Å². The van der Waals surface area contributed by atoms with Gasteiger partial charge in [-0.2, -0.15) is 0 Å². The van der Waals surface area contributed by atoms with Crippen LogP contribution in [0.2, 0.25) is 0 Å². The molecular formula is C15H22N2O2S. The van der Waals surface area contributed by atoms with E-state index in [4.69, 9.17) is 4.74 Å². The van der Waals surface area contributed by atoms with Crippen molar-refractivity contribution in [1.29, 1.82) is 0 Å². The zero-order chi connectivity index (χ0) is 13.8. The summed E-state index contributed by atoms with van der Waals surface area (Å²) in [5.74, 6) is 0.221. The van der Waals surface area contributed by atoms with E-state index in [-0.39, 0.29) is 5.91 Å². The van der Waals surface area contributed by atoms with Crippen molar-refractivity contribution in [1.82, 2.24) is 10.2 Å². The van der Waals surface area contributed by atoms with E-state index in [0.29, 0.717) is 18.7 Å². The van der Waals surface area contributed by atoms with Gasteiger partial charge in [-0.3, -0.25) is 4.79 Å². The average molecular weight is 294 g/mol. The molecule has 0 saturated carbocycles. The number of nitrogens with one attached hydrogen (secondary N) is 1. The zero-order valence-corrected chi connectivity index (χ0v) is 12.5. The topological polar surface area (TPSA) is 41.6 Å². The fourth-order valence-corrected chi connectivity index (χ4v) is 3.96. The molecule has 110 valence electrons. The second-order valence-electron chi connectivity index (χ2n) is 5.53. The fourth-order valence-electron chi connectivity index (χ4n) is 3.09. The molecule has 4 nitrogen and oxygen atoms in total. The molecule has 5 heteroatoms. The minimum atomic E-state index is 0.221. The molecule has 2 atom stereocenters. The van der Waals surface area contributed by atoms with Crippen molar-refractivity contribution in [3.05, 3.63) is 22.4 Å². The second-order valence-corrected chi connectivity index (χ2v) is 6.51. The first-order valence-electron chi connectivity index (χ1n) is 7.50. The Morgan fingerprint density at radius 2 is 2.40 bits per heavy atom. The van der Waals surface area contributed by atoms with Crippen molar-refractivity contribution in [2.45, 2.75) is 37.8 Å². The van der Waals surface area contributed by atoms with Crippen molar-refractivity contribution < 1.29 is 9.53 Å². The highest BCUT2D eigenvalue weighted by Crippen LogP contribution is 2.34. The van der Waals surface area contributed by atoms with E-state index in [0.717, 1.165) is 45.4 Å². The number of likely N-dealkylation sites (tertiary alicyclic amines) is 1. The number of ether oxygens (including phenoxy) is 1. The van der Waals surface area contributed by atoms with E-state index in [1.165, 1.54) is 4.88 Å². The lowest BCUT2D eigenvalue weighted by Crippen LogP contribution is -2.39. The molecule has 1 aromatic rings. The molecule has 0 unspecified atom stereocenters. The monoisotopic (exact) mass is 294 g/mol. The summed E-state index contributed by atoms with van der Waals surface area (Å²) in [5, 5.41) is 5.35. The van der Waals surface area contributed by atoms with E-state index >= 15 is 0 Å². The van der Waals surface area contributed by atoms with Gasteiger partial charge in [-0.25, -0.2) is 0 Å². The first-order chi connectivity index (χ1) is 9.84. The number of nitrogens with zero attached hydrogens (tertiary/aromatic N) is 1. The molecule has 0 aliphatic carbocycles. The molecule has 1 amide bonds. The van der Waals surface area contributed by atoms with Crippen LogP contribution in [0.5, 0.6) is 0 Å². The summed E-state index contributed by atoms with van der Waals surface area (Å²) in [6.07, 6.45) is 4.77. The smallest absolute Gasteiger partial charge is 0.237 e. The van der Waals surface area contributed by atoms with E-state index in [9.17, 15) is 4.79 Å². The van der Waals surface area contributed by atoms with Crippen LogP contribution in [0.1, 0.15) is 36.6 Å². The molecular weight excluding hydrogens is 272 g/mol. The van der Waals surface area contributed by atoms with E-state index in [1.54, 1.807) is 11.3 Å². The highest BCUT2D eigenvalue weighted by molar-refractivity contribution is 7.10. The molecule has 2 aliphatic heterocycles. The Bertz CT molecular complexity index is 429. The first kappa shape index (κ1) is 14.0. The van der Waals surface area contributed by atoms with Crippen molar-refractivity contribution in [2.24, 2.45) is 0 Å². The summed E-state index contributed by atoms with van der Waals surface area (Å²) >= 11 is 1.75. The van der Waals surface area contributed by atoms with Crippen LogP contribution >= 0.6 is 11.3 Å². The van der Waals surface area contributed by atoms with Gasteiger partial charge in [0.2, 0.25) is 5.91 Å². The zero-order valence-electron chi connectivity index (χ0n) is 11.7. The van der Waals surface area contributed by atoms with Gasteiger partial charge in [0.1, 0.15) is 0 Å². The van der Waals surface area contributed by atoms with Gasteiger partial charge in [-0.05, 0) is 37.1 Å². The largest absolute Gasteiger partial charge is 0.377 e. The molecule has 2 fully saturated rings. The van der Waals surface area contributed by atoms with Crippen LogP contribution in [-0.2, 0) is 9.53 Å². The number of carbonyl (C=O) groups excluding carboxylic acids is 1. The van der Waals surface area contributed by atoms with Crippen LogP contribution < -0.4 is 5.32 Å². The Morgan fingerprint density at radius 3 is 3.15 bits per heavy atom. The molecule has 3 rings (SSSR count). The maximum atomic E-state index is 12.4. The molecule has 20 heavy (non-hydrogen) atoms. The minimum Gasteiger partial charge on any atom is -0.377 e. The predicted octanol–water partition coefficient (Wildman–Crippen LogP) is 2.18. The number of thiophene rings is 1. The third-order valence-electron chi connectivity index (χ3n) is 4.12. The van der Waals surface area contributed by atoms with Gasteiger partial charge in [-0.15, -0.1) is 11.3 Å². The van der Waals surface area contributed by atoms with E-state index < -0.39 is 0 Å². The maximum Gasteiger partial charge on any atom is 0.237 e. The third-order valence-corrected chi connectivity index (χ3v) is 5.09. The van der Waals surface area contributed by atoms with Crippen LogP contribution in [0, 0.1) is 0 Å². The summed E-state index contributed by atoms with van der Waals surface area (Å²) in [5.41, 5.74) is 0. The molecule has 0 aromatic carbocycles. The summed E-state index contributed by atoms with van der Waals surface area (Å²) in [6.45, 7) is 2.99. The van der Waals surface area contributed by atoms with Crippen molar-refractivity contribution in [3.63, 3.8) is 0 Å². The highest BCUT2D eigenvalue weighted by atomic mass is 32.1. The first-order valence-corrected chi connectivity index (χ1v) is 8.38. The molecule has 0 bridgehead atoms. The Labute approximate surface area is 124 Å². The van der Waals surface area contributed by atoms with Gasteiger partial charge in [0.15, 0.2) is 0 Å². The Morgan fingerprint density at radius 1 is 1.45 bits per heavy atom. The summed E-state index contributed by atoms with van der Waals surface area (Å²) < 4.78 is 5.55. The van der Waals surface area contributed by atoms with Crippen LogP contribution in [0.25, 0.3) is 0 Å². The van der Waals surface area contributed by atoms with E-state index in [1.807, 2.05) is 4.90 Å². The summed E-state index contributed by atoms with van der Waals surface area (Å²) in [7, 11) is 0. The quantitative estimate of drug-likeness (QED) is 0.905. The van der Waals surface area contributed by atoms with Crippen LogP contribution in [0.15, 0.2) is 17.5 Å². The Hall–Kier alpha value is -0.910. The van der Waals surface area contributed by atoms with E-state index in [2.05, 4.69) is 22.8 Å². The number of rotatable bonds is 5. The lowest BCUT2D eigenvalue weighted by molar-refractivity contribution is -0.131. The Balaban J connectivity index is 1.48. The molecule has 0 spiro atoms. The number of hydrogen-bond donors (Lipinski definition) is 1. The maximum absolute atomic E-state index is 12.4. The second kappa shape index (κ2) is 6.70. The molecule has 1 aromatic heterocycles. The Kier molecular flexibility index (Phi) is 4.70. The molecule has 0 radical (unpaired) electrons. The van der Waals surface area contributed by atoms with Crippen molar-refractivity contribution in [2.75, 3.05) is 26.2 Å². The van der Waals surface area contributed by atoms with Crippen molar-refractivity contribution >= 4 is 17.2 Å². The van der Waals surface area contributed by atoms with Gasteiger partial charge in [-0.1, -0.05) is 6.07 Å². The standard InChI is InChI=1S/C15H22N2O2S/c18-15(11-16-10-12-4-2-8-19-12)17-7-1-5-13(17)14-6-3-9-20-14/h3,6,9,12-13,16H,1-2,4-5,7-8,10-11H2/t12-,13+/m0/s1. The van der Waals surface area contributed by atoms with Crippen LogP contribution in [0.4, 0.5) is 0 Å². The number of amides is 1.